The van der Waals surface area contributed by atoms with E-state index in [1.807, 2.05) is 48.5 Å². The summed E-state index contributed by atoms with van der Waals surface area (Å²) in [6, 6.07) is 24.1. The van der Waals surface area contributed by atoms with E-state index in [4.69, 9.17) is 23.2 Å². The van der Waals surface area contributed by atoms with Crippen molar-refractivity contribution in [1.29, 1.82) is 0 Å². The Morgan fingerprint density at radius 3 is 2.05 bits per heavy atom. The van der Waals surface area contributed by atoms with Crippen LogP contribution in [0.25, 0.3) is 11.1 Å². The molecule has 1 amide bonds. The zero-order valence-corrected chi connectivity index (χ0v) is 22.3. The first kappa shape index (κ1) is 25.5. The molecule has 3 aromatic carbocycles. The summed E-state index contributed by atoms with van der Waals surface area (Å²) in [6.45, 7) is 1.81. The lowest BCUT2D eigenvalue weighted by Gasteiger charge is -2.16. The van der Waals surface area contributed by atoms with E-state index >= 15 is 0 Å². The number of thioether (sulfide) groups is 1. The van der Waals surface area contributed by atoms with Crippen LogP contribution in [0.4, 0.5) is 0 Å². The number of Topliss-reactive ketones (excluding diaryl/α,β-unsaturated/α-hetero) is 1. The number of benzene rings is 3. The van der Waals surface area contributed by atoms with Crippen molar-refractivity contribution in [3.05, 3.63) is 117 Å². The molecule has 0 atom stereocenters. The second-order valence-electron chi connectivity index (χ2n) is 8.89. The summed E-state index contributed by atoms with van der Waals surface area (Å²) >= 11 is 13.6. The number of amides is 1. The van der Waals surface area contributed by atoms with E-state index in [0.717, 1.165) is 53.4 Å². The average molecular weight is 548 g/mol. The average Bonchev–Trinajstić information content (AvgIpc) is 3.58. The van der Waals surface area contributed by atoms with E-state index < -0.39 is 0 Å². The SMILES string of the molecule is O=C1N=C(N2CCCC2)SC1=C(C=C(CC(=O)c1ccc(Cl)cc1)c1ccccc1)c1ccc(Cl)cc1. The molecule has 0 N–H and O–H groups in total. The van der Waals surface area contributed by atoms with Crippen LogP contribution in [0.5, 0.6) is 0 Å². The highest BCUT2D eigenvalue weighted by atomic mass is 35.5. The molecule has 2 aliphatic heterocycles. The quantitative estimate of drug-likeness (QED) is 0.234. The third-order valence-electron chi connectivity index (χ3n) is 6.34. The lowest BCUT2D eigenvalue weighted by Crippen LogP contribution is -2.23. The van der Waals surface area contributed by atoms with Crippen molar-refractivity contribution >= 4 is 63.0 Å². The Morgan fingerprint density at radius 2 is 1.43 bits per heavy atom. The molecule has 1 fully saturated rings. The highest BCUT2D eigenvalue weighted by Crippen LogP contribution is 2.38. The first-order valence-corrected chi connectivity index (χ1v) is 13.7. The minimum atomic E-state index is -0.260. The molecule has 2 aliphatic rings. The van der Waals surface area contributed by atoms with Gasteiger partial charge < -0.3 is 4.90 Å². The summed E-state index contributed by atoms with van der Waals surface area (Å²) in [5.74, 6) is -0.295. The fourth-order valence-electron chi connectivity index (χ4n) is 4.39. The van der Waals surface area contributed by atoms with Gasteiger partial charge in [0.25, 0.3) is 5.91 Å². The molecule has 0 radical (unpaired) electrons. The molecular formula is C30H24Cl2N2O2S. The molecule has 0 saturated carbocycles. The number of halogens is 2. The van der Waals surface area contributed by atoms with E-state index in [9.17, 15) is 9.59 Å². The van der Waals surface area contributed by atoms with Crippen LogP contribution in [-0.2, 0) is 4.79 Å². The van der Waals surface area contributed by atoms with E-state index in [-0.39, 0.29) is 18.1 Å². The van der Waals surface area contributed by atoms with Gasteiger partial charge in [-0.2, -0.15) is 4.99 Å². The fraction of sp³-hybridized carbons (Fsp3) is 0.167. The second kappa shape index (κ2) is 11.5. The molecule has 0 spiro atoms. The van der Waals surface area contributed by atoms with Gasteiger partial charge in [0.15, 0.2) is 11.0 Å². The molecular weight excluding hydrogens is 523 g/mol. The monoisotopic (exact) mass is 546 g/mol. The molecule has 2 heterocycles. The van der Waals surface area contributed by atoms with Crippen molar-refractivity contribution < 1.29 is 9.59 Å². The number of nitrogens with zero attached hydrogens (tertiary/aromatic N) is 2. The predicted molar refractivity (Wildman–Crippen MR) is 154 cm³/mol. The summed E-state index contributed by atoms with van der Waals surface area (Å²) in [7, 11) is 0. The Bertz CT molecular complexity index is 1410. The Morgan fingerprint density at radius 1 is 0.838 bits per heavy atom. The van der Waals surface area contributed by atoms with Crippen LogP contribution in [0.2, 0.25) is 10.0 Å². The maximum Gasteiger partial charge on any atom is 0.286 e. The van der Waals surface area contributed by atoms with Crippen LogP contribution in [0.3, 0.4) is 0 Å². The predicted octanol–water partition coefficient (Wildman–Crippen LogP) is 7.79. The molecule has 0 aromatic heterocycles. The van der Waals surface area contributed by atoms with Crippen LogP contribution in [0.1, 0.15) is 40.7 Å². The van der Waals surface area contributed by atoms with E-state index in [1.165, 1.54) is 11.8 Å². The molecule has 1 saturated heterocycles. The number of likely N-dealkylation sites (tertiary alicyclic amines) is 1. The largest absolute Gasteiger partial charge is 0.351 e. The van der Waals surface area contributed by atoms with Crippen molar-refractivity contribution in [2.45, 2.75) is 19.3 Å². The molecule has 0 aliphatic carbocycles. The third-order valence-corrected chi connectivity index (χ3v) is 7.98. The molecule has 0 unspecified atom stereocenters. The number of aliphatic imine (C=N–C) groups is 1. The van der Waals surface area contributed by atoms with Gasteiger partial charge in [-0.1, -0.05) is 65.7 Å². The van der Waals surface area contributed by atoms with Crippen LogP contribution in [-0.4, -0.2) is 34.8 Å². The number of ketones is 1. The van der Waals surface area contributed by atoms with Gasteiger partial charge in [-0.25, -0.2) is 0 Å². The Balaban J connectivity index is 1.59. The van der Waals surface area contributed by atoms with Gasteiger partial charge in [0.05, 0.1) is 4.91 Å². The normalized spacial score (nSPS) is 17.2. The van der Waals surface area contributed by atoms with E-state index in [1.54, 1.807) is 36.4 Å². The zero-order valence-electron chi connectivity index (χ0n) is 20.0. The van der Waals surface area contributed by atoms with Crippen molar-refractivity contribution in [3.63, 3.8) is 0 Å². The number of carbonyl (C=O) groups excluding carboxylic acids is 2. The standard InChI is InChI=1S/C30H24Cl2N2O2S/c31-24-12-8-21(9-13-24)26(28-29(36)33-30(37-28)34-16-4-5-17-34)18-23(20-6-2-1-3-7-20)19-27(35)22-10-14-25(32)15-11-22/h1-3,6-15,18H,4-5,16-17,19H2. The topological polar surface area (TPSA) is 49.7 Å². The summed E-state index contributed by atoms with van der Waals surface area (Å²) < 4.78 is 0. The number of hydrogen-bond acceptors (Lipinski definition) is 4. The van der Waals surface area contributed by atoms with E-state index in [0.29, 0.717) is 20.5 Å². The first-order chi connectivity index (χ1) is 18.0. The van der Waals surface area contributed by atoms with E-state index in [2.05, 4.69) is 9.89 Å². The van der Waals surface area contributed by atoms with Gasteiger partial charge in [-0.15, -0.1) is 0 Å². The Labute approximate surface area is 230 Å². The zero-order chi connectivity index (χ0) is 25.8. The van der Waals surface area contributed by atoms with Crippen LogP contribution >= 0.6 is 35.0 Å². The van der Waals surface area contributed by atoms with Crippen molar-refractivity contribution in [1.82, 2.24) is 4.90 Å². The van der Waals surface area contributed by atoms with Crippen LogP contribution in [0, 0.1) is 0 Å². The highest BCUT2D eigenvalue weighted by molar-refractivity contribution is 8.18. The van der Waals surface area contributed by atoms with Crippen LogP contribution in [0.15, 0.2) is 94.8 Å². The van der Waals surface area contributed by atoms with Crippen molar-refractivity contribution in [2.75, 3.05) is 13.1 Å². The summed E-state index contributed by atoms with van der Waals surface area (Å²) in [4.78, 5) is 33.6. The number of rotatable bonds is 6. The summed E-state index contributed by atoms with van der Waals surface area (Å²) in [5, 5.41) is 1.93. The number of carbonyl (C=O) groups is 2. The molecule has 4 nitrogen and oxygen atoms in total. The van der Waals surface area contributed by atoms with Gasteiger partial charge in [0.2, 0.25) is 0 Å². The van der Waals surface area contributed by atoms with Crippen LogP contribution < -0.4 is 0 Å². The van der Waals surface area contributed by atoms with Gasteiger partial charge in [0.1, 0.15) is 0 Å². The fourth-order valence-corrected chi connectivity index (χ4v) is 5.69. The molecule has 37 heavy (non-hydrogen) atoms. The molecule has 7 heteroatoms. The maximum absolute atomic E-state index is 13.3. The van der Waals surface area contributed by atoms with Crippen molar-refractivity contribution in [2.24, 2.45) is 4.99 Å². The molecule has 186 valence electrons. The summed E-state index contributed by atoms with van der Waals surface area (Å²) in [5.41, 5.74) is 3.87. The molecule has 0 bridgehead atoms. The third kappa shape index (κ3) is 6.07. The smallest absolute Gasteiger partial charge is 0.286 e. The number of allylic oxidation sites excluding steroid dienone is 3. The highest BCUT2D eigenvalue weighted by Gasteiger charge is 2.30. The number of amidine groups is 1. The minimum Gasteiger partial charge on any atom is -0.351 e. The molecule has 5 rings (SSSR count). The lowest BCUT2D eigenvalue weighted by atomic mass is 9.93. The lowest BCUT2D eigenvalue weighted by molar-refractivity contribution is -0.113. The van der Waals surface area contributed by atoms with Gasteiger partial charge in [-0.3, -0.25) is 9.59 Å². The van der Waals surface area contributed by atoms with Gasteiger partial charge >= 0.3 is 0 Å². The van der Waals surface area contributed by atoms with Crippen molar-refractivity contribution in [3.8, 4) is 0 Å². The maximum atomic E-state index is 13.3. The molecule has 3 aromatic rings. The Hall–Kier alpha value is -3.12. The summed E-state index contributed by atoms with van der Waals surface area (Å²) in [6.07, 6.45) is 4.31. The number of hydrogen-bond donors (Lipinski definition) is 0. The minimum absolute atomic E-state index is 0.0355. The van der Waals surface area contributed by atoms with Gasteiger partial charge in [0, 0.05) is 40.7 Å². The second-order valence-corrected chi connectivity index (χ2v) is 10.7. The van der Waals surface area contributed by atoms with Gasteiger partial charge in [-0.05, 0) is 83.8 Å². The Kier molecular flexibility index (Phi) is 7.94. The first-order valence-electron chi connectivity index (χ1n) is 12.1.